The van der Waals surface area contributed by atoms with E-state index in [1.54, 1.807) is 38.1 Å². The Labute approximate surface area is 126 Å². The molecule has 0 radical (unpaired) electrons. The predicted molar refractivity (Wildman–Crippen MR) is 75.0 cm³/mol. The van der Waals surface area contributed by atoms with Gasteiger partial charge in [-0.3, -0.25) is 0 Å². The number of aliphatic hydroxyl groups excluding tert-OH is 1. The Morgan fingerprint density at radius 3 is 2.73 bits per heavy atom. The van der Waals surface area contributed by atoms with Crippen LogP contribution in [0.25, 0.3) is 11.0 Å². The van der Waals surface area contributed by atoms with Gasteiger partial charge in [-0.1, -0.05) is 6.07 Å². The lowest BCUT2D eigenvalue weighted by atomic mass is 10.1. The Morgan fingerprint density at radius 2 is 2.09 bits per heavy atom. The zero-order valence-corrected chi connectivity index (χ0v) is 12.1. The second-order valence-corrected chi connectivity index (χ2v) is 5.15. The van der Waals surface area contributed by atoms with E-state index in [9.17, 15) is 15.0 Å². The van der Waals surface area contributed by atoms with E-state index in [1.165, 1.54) is 0 Å². The second kappa shape index (κ2) is 5.31. The van der Waals surface area contributed by atoms with Gasteiger partial charge in [0, 0.05) is 24.7 Å². The van der Waals surface area contributed by atoms with Gasteiger partial charge in [0.2, 0.25) is 0 Å². The van der Waals surface area contributed by atoms with Crippen LogP contribution in [0.5, 0.6) is 0 Å². The topological polar surface area (TPSA) is 99.5 Å². The lowest BCUT2D eigenvalue weighted by molar-refractivity contribution is -0.304. The molecule has 2 heterocycles. The van der Waals surface area contributed by atoms with E-state index in [-0.39, 0.29) is 6.42 Å². The number of furan rings is 1. The highest BCUT2D eigenvalue weighted by Gasteiger charge is 2.22. The zero-order valence-electron chi connectivity index (χ0n) is 12.1. The number of fused-ring (bicyclic) bond motifs is 1. The van der Waals surface area contributed by atoms with Crippen LogP contribution in [0.4, 0.5) is 0 Å². The van der Waals surface area contributed by atoms with E-state index >= 15 is 0 Å². The molecule has 0 aliphatic carbocycles. The highest BCUT2D eigenvalue weighted by Crippen LogP contribution is 2.30. The van der Waals surface area contributed by atoms with E-state index in [0.717, 1.165) is 0 Å². The largest absolute Gasteiger partial charge is 0.550 e. The van der Waals surface area contributed by atoms with Crippen LogP contribution in [-0.2, 0) is 11.2 Å². The summed E-state index contributed by atoms with van der Waals surface area (Å²) in [6.07, 6.45) is -1.22. The minimum Gasteiger partial charge on any atom is -0.550 e. The molecule has 2 aromatic heterocycles. The number of carbonyl (C=O) groups excluding carboxylic acids is 1. The molecule has 114 valence electrons. The lowest BCUT2D eigenvalue weighted by Crippen LogP contribution is -2.24. The molecule has 0 fully saturated rings. The van der Waals surface area contributed by atoms with Crippen molar-refractivity contribution in [1.29, 1.82) is 0 Å². The fourth-order valence-corrected chi connectivity index (χ4v) is 2.45. The van der Waals surface area contributed by atoms with Gasteiger partial charge in [0.1, 0.15) is 11.3 Å². The molecule has 0 aliphatic heterocycles. The van der Waals surface area contributed by atoms with Crippen LogP contribution in [0.15, 0.2) is 33.1 Å². The molecule has 6 nitrogen and oxygen atoms in total. The summed E-state index contributed by atoms with van der Waals surface area (Å²) >= 11 is 0. The minimum absolute atomic E-state index is 0.167. The Balaban J connectivity index is 1.97. The van der Waals surface area contributed by atoms with Crippen LogP contribution >= 0.6 is 0 Å². The number of carboxylic acids is 1. The summed E-state index contributed by atoms with van der Waals surface area (Å²) in [6.45, 7) is 3.45. The first-order valence-electron chi connectivity index (χ1n) is 6.78. The first-order valence-corrected chi connectivity index (χ1v) is 6.78. The average molecular weight is 300 g/mol. The zero-order chi connectivity index (χ0) is 15.9. The number of hydrogen-bond donors (Lipinski definition) is 1. The van der Waals surface area contributed by atoms with E-state index < -0.39 is 12.1 Å². The molecule has 0 aliphatic rings. The van der Waals surface area contributed by atoms with Crippen molar-refractivity contribution in [3.8, 4) is 0 Å². The van der Waals surface area contributed by atoms with Crippen LogP contribution < -0.4 is 5.11 Å². The standard InChI is InChI=1S/C16H15NO5/c1-8-16(21-9(2)17-8)15(20)13-7-11-5-10(6-14(18)19)3-4-12(11)22-13/h3-5,7,15,20H,6H2,1-2H3,(H,18,19)/p-1. The maximum absolute atomic E-state index is 10.6. The van der Waals surface area contributed by atoms with Crippen LogP contribution in [0.2, 0.25) is 0 Å². The first kappa shape index (κ1) is 14.3. The van der Waals surface area contributed by atoms with Crippen molar-refractivity contribution < 1.29 is 23.8 Å². The summed E-state index contributed by atoms with van der Waals surface area (Å²) in [4.78, 5) is 14.8. The van der Waals surface area contributed by atoms with Crippen LogP contribution in [0.3, 0.4) is 0 Å². The molecule has 0 amide bonds. The number of rotatable bonds is 4. The fraction of sp³-hybridized carbons (Fsp3) is 0.250. The number of aryl methyl sites for hydroxylation is 2. The Bertz CT molecular complexity index is 845. The van der Waals surface area contributed by atoms with Gasteiger partial charge in [-0.15, -0.1) is 0 Å². The second-order valence-electron chi connectivity index (χ2n) is 5.15. The van der Waals surface area contributed by atoms with E-state index in [0.29, 0.717) is 39.6 Å². The minimum atomic E-state index is -1.14. The summed E-state index contributed by atoms with van der Waals surface area (Å²) in [5.74, 6) is -0.0128. The molecule has 22 heavy (non-hydrogen) atoms. The SMILES string of the molecule is Cc1nc(C)c(C(O)c2cc3cc(CC(=O)[O-])ccc3o2)o1. The van der Waals surface area contributed by atoms with Crippen LogP contribution in [0.1, 0.15) is 34.8 Å². The molecule has 1 unspecified atom stereocenters. The third-order valence-electron chi connectivity index (χ3n) is 3.41. The van der Waals surface area contributed by atoms with Gasteiger partial charge in [-0.25, -0.2) is 4.98 Å². The quantitative estimate of drug-likeness (QED) is 0.782. The lowest BCUT2D eigenvalue weighted by Gasteiger charge is -2.03. The number of benzene rings is 1. The van der Waals surface area contributed by atoms with Gasteiger partial charge in [-0.05, 0) is 30.7 Å². The number of nitrogens with zero attached hydrogens (tertiary/aromatic N) is 1. The Morgan fingerprint density at radius 1 is 1.32 bits per heavy atom. The van der Waals surface area contributed by atoms with Crippen molar-refractivity contribution in [2.75, 3.05) is 0 Å². The molecular weight excluding hydrogens is 286 g/mol. The Hall–Kier alpha value is -2.60. The van der Waals surface area contributed by atoms with E-state index in [1.807, 2.05) is 0 Å². The first-order chi connectivity index (χ1) is 10.4. The molecule has 3 aromatic rings. The van der Waals surface area contributed by atoms with Crippen molar-refractivity contribution in [2.24, 2.45) is 0 Å². The van der Waals surface area contributed by atoms with Crippen LogP contribution in [0, 0.1) is 13.8 Å². The number of carbonyl (C=O) groups is 1. The molecule has 0 spiro atoms. The molecule has 3 rings (SSSR count). The van der Waals surface area contributed by atoms with Crippen LogP contribution in [-0.4, -0.2) is 16.1 Å². The number of aliphatic carboxylic acids is 1. The molecule has 1 aromatic carbocycles. The molecular formula is C16H14NO5-. The summed E-state index contributed by atoms with van der Waals surface area (Å²) in [7, 11) is 0. The van der Waals surface area contributed by atoms with Crippen molar-refractivity contribution in [3.63, 3.8) is 0 Å². The Kier molecular flexibility index (Phi) is 3.46. The summed E-state index contributed by atoms with van der Waals surface area (Å²) in [5.41, 5.74) is 1.77. The molecule has 0 bridgehead atoms. The maximum Gasteiger partial charge on any atom is 0.191 e. The monoisotopic (exact) mass is 300 g/mol. The van der Waals surface area contributed by atoms with E-state index in [4.69, 9.17) is 8.83 Å². The van der Waals surface area contributed by atoms with Crippen molar-refractivity contribution in [3.05, 3.63) is 52.9 Å². The molecule has 0 saturated heterocycles. The summed E-state index contributed by atoms with van der Waals surface area (Å²) < 4.78 is 11.0. The summed E-state index contributed by atoms with van der Waals surface area (Å²) in [5, 5.41) is 21.7. The van der Waals surface area contributed by atoms with Gasteiger partial charge in [-0.2, -0.15) is 0 Å². The normalized spacial score (nSPS) is 12.7. The number of aliphatic hydroxyl groups is 1. The fourth-order valence-electron chi connectivity index (χ4n) is 2.45. The summed E-state index contributed by atoms with van der Waals surface area (Å²) in [6, 6.07) is 6.68. The van der Waals surface area contributed by atoms with Crippen molar-refractivity contribution in [1.82, 2.24) is 4.98 Å². The van der Waals surface area contributed by atoms with Crippen molar-refractivity contribution in [2.45, 2.75) is 26.4 Å². The number of carboxylic acid groups (broad SMARTS) is 1. The average Bonchev–Trinajstić information content (AvgIpc) is 3.00. The van der Waals surface area contributed by atoms with E-state index in [2.05, 4.69) is 4.98 Å². The molecule has 6 heteroatoms. The molecule has 1 N–H and O–H groups in total. The number of oxazole rings is 1. The van der Waals surface area contributed by atoms with Gasteiger partial charge >= 0.3 is 0 Å². The van der Waals surface area contributed by atoms with Gasteiger partial charge < -0.3 is 23.8 Å². The van der Waals surface area contributed by atoms with Gasteiger partial charge in [0.05, 0.1) is 5.69 Å². The smallest absolute Gasteiger partial charge is 0.191 e. The van der Waals surface area contributed by atoms with Gasteiger partial charge in [0.15, 0.2) is 17.8 Å². The van der Waals surface area contributed by atoms with Crippen molar-refractivity contribution >= 4 is 16.9 Å². The number of hydrogen-bond acceptors (Lipinski definition) is 6. The van der Waals surface area contributed by atoms with Gasteiger partial charge in [0.25, 0.3) is 0 Å². The molecule has 0 saturated carbocycles. The highest BCUT2D eigenvalue weighted by molar-refractivity contribution is 5.80. The molecule has 1 atom stereocenters. The third kappa shape index (κ3) is 2.60. The number of aromatic nitrogens is 1. The third-order valence-corrected chi connectivity index (χ3v) is 3.41. The maximum atomic E-state index is 10.6. The highest BCUT2D eigenvalue weighted by atomic mass is 16.4. The predicted octanol–water partition coefficient (Wildman–Crippen LogP) is 1.41.